The lowest BCUT2D eigenvalue weighted by molar-refractivity contribution is -0.567. The molecule has 0 N–H and O–H groups in total. The fourth-order valence-electron chi connectivity index (χ4n) is 1.61. The third-order valence-electron chi connectivity index (χ3n) is 2.81. The van der Waals surface area contributed by atoms with Crippen LogP contribution < -0.4 is 0 Å². The quantitative estimate of drug-likeness (QED) is 0.257. The monoisotopic (exact) mass is 215 g/mol. The lowest BCUT2D eigenvalue weighted by Gasteiger charge is -2.19. The first-order valence-electron chi connectivity index (χ1n) is 5.65. The molecule has 4 nitrogen and oxygen atoms in total. The van der Waals surface area contributed by atoms with Crippen LogP contribution in [-0.2, 0) is 4.79 Å². The van der Waals surface area contributed by atoms with Gasteiger partial charge in [-0.25, -0.2) is 0 Å². The van der Waals surface area contributed by atoms with Gasteiger partial charge in [-0.05, 0) is 6.42 Å². The lowest BCUT2D eigenvalue weighted by atomic mass is 9.90. The van der Waals surface area contributed by atoms with Gasteiger partial charge in [-0.3, -0.25) is 10.1 Å². The highest BCUT2D eigenvalue weighted by Gasteiger charge is 2.35. The molecule has 0 aromatic rings. The molecule has 0 bridgehead atoms. The second-order valence-corrected chi connectivity index (χ2v) is 4.27. The Morgan fingerprint density at radius 3 is 2.40 bits per heavy atom. The van der Waals surface area contributed by atoms with Crippen LogP contribution in [0.3, 0.4) is 0 Å². The smallest absolute Gasteiger partial charge is 0.220 e. The van der Waals surface area contributed by atoms with Crippen molar-refractivity contribution < 1.29 is 9.72 Å². The van der Waals surface area contributed by atoms with Crippen molar-refractivity contribution in [3.05, 3.63) is 10.1 Å². The summed E-state index contributed by atoms with van der Waals surface area (Å²) in [5.74, 6) is 0. The molecule has 1 atom stereocenters. The van der Waals surface area contributed by atoms with Crippen LogP contribution in [0.25, 0.3) is 0 Å². The Morgan fingerprint density at radius 2 is 1.93 bits per heavy atom. The molecule has 0 aromatic carbocycles. The van der Waals surface area contributed by atoms with E-state index in [1.807, 2.05) is 0 Å². The molecule has 0 aliphatic heterocycles. The van der Waals surface area contributed by atoms with Crippen LogP contribution in [-0.4, -0.2) is 16.7 Å². The van der Waals surface area contributed by atoms with E-state index < -0.39 is 5.54 Å². The summed E-state index contributed by atoms with van der Waals surface area (Å²) in [6.45, 7) is 3.75. The number of hydrogen-bond acceptors (Lipinski definition) is 3. The minimum atomic E-state index is -0.908. The van der Waals surface area contributed by atoms with Crippen LogP contribution in [0.15, 0.2) is 0 Å². The van der Waals surface area contributed by atoms with Gasteiger partial charge in [0.05, 0.1) is 0 Å². The van der Waals surface area contributed by atoms with Gasteiger partial charge in [0.25, 0.3) is 0 Å². The van der Waals surface area contributed by atoms with Crippen molar-refractivity contribution in [2.45, 2.75) is 64.3 Å². The summed E-state index contributed by atoms with van der Waals surface area (Å²) in [6.07, 6.45) is 6.15. The summed E-state index contributed by atoms with van der Waals surface area (Å²) in [5.41, 5.74) is -0.908. The Hall–Kier alpha value is -0.930. The van der Waals surface area contributed by atoms with Gasteiger partial charge in [0, 0.05) is 31.1 Å². The van der Waals surface area contributed by atoms with E-state index in [4.69, 9.17) is 0 Å². The summed E-state index contributed by atoms with van der Waals surface area (Å²) >= 11 is 0. The van der Waals surface area contributed by atoms with Crippen molar-refractivity contribution in [2.75, 3.05) is 0 Å². The predicted molar refractivity (Wildman–Crippen MR) is 59.5 cm³/mol. The minimum absolute atomic E-state index is 0.234. The zero-order chi connectivity index (χ0) is 11.7. The maximum Gasteiger partial charge on any atom is 0.220 e. The normalized spacial score (nSPS) is 14.5. The first-order valence-corrected chi connectivity index (χ1v) is 5.65. The van der Waals surface area contributed by atoms with Crippen LogP contribution >= 0.6 is 0 Å². The number of nitrogens with zero attached hydrogens (tertiary/aromatic N) is 1. The molecule has 0 radical (unpaired) electrons. The van der Waals surface area contributed by atoms with E-state index in [9.17, 15) is 14.9 Å². The van der Waals surface area contributed by atoms with Gasteiger partial charge in [0.2, 0.25) is 5.54 Å². The summed E-state index contributed by atoms with van der Waals surface area (Å²) in [5, 5.41) is 10.9. The molecular weight excluding hydrogens is 194 g/mol. The summed E-state index contributed by atoms with van der Waals surface area (Å²) in [4.78, 5) is 20.9. The molecule has 0 rings (SSSR count). The van der Waals surface area contributed by atoms with Gasteiger partial charge in [-0.1, -0.05) is 26.2 Å². The first-order chi connectivity index (χ1) is 7.06. The van der Waals surface area contributed by atoms with Crippen molar-refractivity contribution >= 4 is 6.29 Å². The number of rotatable bonds is 9. The number of unbranched alkanes of at least 4 members (excludes halogenated alkanes) is 3. The number of carbonyl (C=O) groups excluding carboxylic acids is 1. The van der Waals surface area contributed by atoms with Crippen molar-refractivity contribution in [2.24, 2.45) is 0 Å². The molecule has 0 saturated carbocycles. The topological polar surface area (TPSA) is 60.2 Å². The predicted octanol–water partition coefficient (Wildman–Crippen LogP) is 2.97. The fourth-order valence-corrected chi connectivity index (χ4v) is 1.61. The summed E-state index contributed by atoms with van der Waals surface area (Å²) in [6, 6.07) is 0. The van der Waals surface area contributed by atoms with E-state index in [0.29, 0.717) is 12.8 Å². The Bertz CT molecular complexity index is 206. The minimum Gasteiger partial charge on any atom is -0.303 e. The zero-order valence-electron chi connectivity index (χ0n) is 9.70. The van der Waals surface area contributed by atoms with E-state index in [2.05, 4.69) is 6.92 Å². The number of carbonyl (C=O) groups is 1. The Kier molecular flexibility index (Phi) is 6.92. The highest BCUT2D eigenvalue weighted by atomic mass is 16.6. The van der Waals surface area contributed by atoms with Gasteiger partial charge in [-0.15, -0.1) is 0 Å². The van der Waals surface area contributed by atoms with Crippen molar-refractivity contribution in [1.29, 1.82) is 0 Å². The molecule has 0 aliphatic rings. The molecule has 0 aliphatic carbocycles. The Balaban J connectivity index is 4.01. The summed E-state index contributed by atoms with van der Waals surface area (Å²) < 4.78 is 0. The zero-order valence-corrected chi connectivity index (χ0v) is 9.70. The van der Waals surface area contributed by atoms with Crippen LogP contribution in [0.2, 0.25) is 0 Å². The third kappa shape index (κ3) is 5.50. The van der Waals surface area contributed by atoms with Crippen LogP contribution in [0, 0.1) is 10.1 Å². The molecule has 88 valence electrons. The van der Waals surface area contributed by atoms with Crippen LogP contribution in [0.5, 0.6) is 0 Å². The number of aldehydes is 1. The number of hydrogen-bond donors (Lipinski definition) is 0. The second-order valence-electron chi connectivity index (χ2n) is 4.27. The lowest BCUT2D eigenvalue weighted by Crippen LogP contribution is -2.34. The van der Waals surface area contributed by atoms with Crippen molar-refractivity contribution in [3.63, 3.8) is 0 Å². The number of nitro groups is 1. The molecule has 4 heteroatoms. The molecule has 0 aromatic heterocycles. The fraction of sp³-hybridized carbons (Fsp3) is 0.909. The van der Waals surface area contributed by atoms with Crippen molar-refractivity contribution in [3.8, 4) is 0 Å². The first kappa shape index (κ1) is 14.1. The molecule has 0 saturated heterocycles. The third-order valence-corrected chi connectivity index (χ3v) is 2.81. The van der Waals surface area contributed by atoms with Gasteiger partial charge >= 0.3 is 0 Å². The second kappa shape index (κ2) is 7.37. The SMILES string of the molecule is CCCCCCC(C)(CCC=O)[N+](=O)[O-]. The van der Waals surface area contributed by atoms with E-state index in [0.717, 1.165) is 32.0 Å². The molecule has 15 heavy (non-hydrogen) atoms. The van der Waals surface area contributed by atoms with Gasteiger partial charge < -0.3 is 4.79 Å². The largest absolute Gasteiger partial charge is 0.303 e. The van der Waals surface area contributed by atoms with Crippen LogP contribution in [0.4, 0.5) is 0 Å². The Morgan fingerprint density at radius 1 is 1.27 bits per heavy atom. The average Bonchev–Trinajstić information content (AvgIpc) is 2.21. The van der Waals surface area contributed by atoms with Crippen LogP contribution in [0.1, 0.15) is 58.8 Å². The highest BCUT2D eigenvalue weighted by Crippen LogP contribution is 2.23. The molecular formula is C11H21NO3. The molecule has 0 fully saturated rings. The average molecular weight is 215 g/mol. The van der Waals surface area contributed by atoms with E-state index in [1.54, 1.807) is 6.92 Å². The highest BCUT2D eigenvalue weighted by molar-refractivity contribution is 5.49. The summed E-state index contributed by atoms with van der Waals surface area (Å²) in [7, 11) is 0. The van der Waals surface area contributed by atoms with Crippen molar-refractivity contribution in [1.82, 2.24) is 0 Å². The maximum absolute atomic E-state index is 10.9. The van der Waals surface area contributed by atoms with Gasteiger partial charge in [0.15, 0.2) is 0 Å². The molecule has 1 unspecified atom stereocenters. The Labute approximate surface area is 91.2 Å². The van der Waals surface area contributed by atoms with E-state index in [1.165, 1.54) is 0 Å². The molecule has 0 heterocycles. The molecule has 0 amide bonds. The van der Waals surface area contributed by atoms with E-state index >= 15 is 0 Å². The standard InChI is InChI=1S/C11H21NO3/c1-3-4-5-6-8-11(2,12(14)15)9-7-10-13/h10H,3-9H2,1-2H3. The van der Waals surface area contributed by atoms with Gasteiger partial charge in [-0.2, -0.15) is 0 Å². The van der Waals surface area contributed by atoms with Gasteiger partial charge in [0.1, 0.15) is 6.29 Å². The molecule has 0 spiro atoms. The van der Waals surface area contributed by atoms with E-state index in [-0.39, 0.29) is 11.3 Å². The maximum atomic E-state index is 10.9.